The molecule has 20 heavy (non-hydrogen) atoms. The first kappa shape index (κ1) is 13.7. The van der Waals surface area contributed by atoms with E-state index < -0.39 is 4.92 Å². The Morgan fingerprint density at radius 1 is 1.15 bits per heavy atom. The largest absolute Gasteiger partial charge is 0.289 e. The first-order valence-electron chi connectivity index (χ1n) is 6.10. The average molecular weight is 267 g/mol. The number of nitro benzene ring substituents is 1. The SMILES string of the molecule is Cc1ccccc1C(=O)/C=C/c1cccc([N+](=O)[O-])c1. The third kappa shape index (κ3) is 3.17. The summed E-state index contributed by atoms with van der Waals surface area (Å²) in [6.45, 7) is 1.87. The molecule has 2 aromatic carbocycles. The third-order valence-corrected chi connectivity index (χ3v) is 2.92. The number of rotatable bonds is 4. The summed E-state index contributed by atoms with van der Waals surface area (Å²) in [7, 11) is 0. The summed E-state index contributed by atoms with van der Waals surface area (Å²) < 4.78 is 0. The van der Waals surface area contributed by atoms with Gasteiger partial charge in [-0.2, -0.15) is 0 Å². The second-order valence-corrected chi connectivity index (χ2v) is 4.36. The predicted octanol–water partition coefficient (Wildman–Crippen LogP) is 3.80. The summed E-state index contributed by atoms with van der Waals surface area (Å²) in [5.74, 6) is -0.116. The molecule has 4 heteroatoms. The van der Waals surface area contributed by atoms with Crippen LogP contribution in [0.25, 0.3) is 6.08 Å². The minimum Gasteiger partial charge on any atom is -0.289 e. The maximum atomic E-state index is 12.0. The van der Waals surface area contributed by atoms with Crippen LogP contribution in [0.2, 0.25) is 0 Å². The zero-order valence-corrected chi connectivity index (χ0v) is 10.9. The fraction of sp³-hybridized carbons (Fsp3) is 0.0625. The van der Waals surface area contributed by atoms with Crippen molar-refractivity contribution >= 4 is 17.5 Å². The van der Waals surface area contributed by atoms with E-state index in [9.17, 15) is 14.9 Å². The Balaban J connectivity index is 2.21. The molecule has 0 aliphatic rings. The van der Waals surface area contributed by atoms with E-state index in [0.717, 1.165) is 5.56 Å². The highest BCUT2D eigenvalue weighted by molar-refractivity contribution is 6.07. The molecule has 0 aliphatic heterocycles. The van der Waals surface area contributed by atoms with Gasteiger partial charge in [0.1, 0.15) is 0 Å². The van der Waals surface area contributed by atoms with Gasteiger partial charge in [-0.25, -0.2) is 0 Å². The lowest BCUT2D eigenvalue weighted by atomic mass is 10.0. The molecule has 4 nitrogen and oxygen atoms in total. The smallest absolute Gasteiger partial charge is 0.270 e. The van der Waals surface area contributed by atoms with Crippen LogP contribution in [0.15, 0.2) is 54.6 Å². The van der Waals surface area contributed by atoms with Gasteiger partial charge in [0.25, 0.3) is 5.69 Å². The number of nitrogens with zero attached hydrogens (tertiary/aromatic N) is 1. The van der Waals surface area contributed by atoms with Crippen LogP contribution in [0.3, 0.4) is 0 Å². The van der Waals surface area contributed by atoms with Crippen LogP contribution in [0.1, 0.15) is 21.5 Å². The fourth-order valence-corrected chi connectivity index (χ4v) is 1.85. The quantitative estimate of drug-likeness (QED) is 0.366. The topological polar surface area (TPSA) is 60.2 Å². The second-order valence-electron chi connectivity index (χ2n) is 4.36. The van der Waals surface area contributed by atoms with Crippen LogP contribution in [-0.4, -0.2) is 10.7 Å². The molecule has 0 aliphatic carbocycles. The van der Waals surface area contributed by atoms with Crippen LogP contribution in [0, 0.1) is 17.0 Å². The number of hydrogen-bond acceptors (Lipinski definition) is 3. The van der Waals surface area contributed by atoms with E-state index in [4.69, 9.17) is 0 Å². The van der Waals surface area contributed by atoms with E-state index in [1.54, 1.807) is 30.3 Å². The molecule has 0 bridgehead atoms. The molecule has 0 atom stereocenters. The lowest BCUT2D eigenvalue weighted by Crippen LogP contribution is -1.97. The van der Waals surface area contributed by atoms with E-state index in [-0.39, 0.29) is 11.5 Å². The Bertz CT molecular complexity index is 690. The molecule has 0 spiro atoms. The maximum absolute atomic E-state index is 12.0. The Morgan fingerprint density at radius 2 is 1.90 bits per heavy atom. The Hall–Kier alpha value is -2.75. The summed E-state index contributed by atoms with van der Waals surface area (Å²) in [5.41, 5.74) is 2.17. The molecular formula is C16H13NO3. The third-order valence-electron chi connectivity index (χ3n) is 2.92. The Labute approximate surface area is 116 Å². The van der Waals surface area contributed by atoms with Crippen molar-refractivity contribution in [1.29, 1.82) is 0 Å². The highest BCUT2D eigenvalue weighted by Crippen LogP contribution is 2.15. The summed E-state index contributed by atoms with van der Waals surface area (Å²) in [6.07, 6.45) is 3.02. The number of carbonyl (C=O) groups is 1. The fourth-order valence-electron chi connectivity index (χ4n) is 1.85. The zero-order chi connectivity index (χ0) is 14.5. The van der Waals surface area contributed by atoms with Gasteiger partial charge in [-0.1, -0.05) is 42.5 Å². The van der Waals surface area contributed by atoms with E-state index in [0.29, 0.717) is 11.1 Å². The van der Waals surface area contributed by atoms with Crippen LogP contribution < -0.4 is 0 Å². The standard InChI is InChI=1S/C16H13NO3/c1-12-5-2-3-8-15(12)16(18)10-9-13-6-4-7-14(11-13)17(19)20/h2-11H,1H3/b10-9+. The molecule has 2 aromatic rings. The molecule has 2 rings (SSSR count). The van der Waals surface area contributed by atoms with Gasteiger partial charge in [0.15, 0.2) is 5.78 Å². The Morgan fingerprint density at radius 3 is 2.60 bits per heavy atom. The van der Waals surface area contributed by atoms with Crippen molar-refractivity contribution in [3.63, 3.8) is 0 Å². The highest BCUT2D eigenvalue weighted by atomic mass is 16.6. The van der Waals surface area contributed by atoms with Crippen molar-refractivity contribution in [3.8, 4) is 0 Å². The maximum Gasteiger partial charge on any atom is 0.270 e. The van der Waals surface area contributed by atoms with E-state index in [1.807, 2.05) is 19.1 Å². The van der Waals surface area contributed by atoms with Crippen LogP contribution in [0.4, 0.5) is 5.69 Å². The lowest BCUT2D eigenvalue weighted by molar-refractivity contribution is -0.384. The number of benzene rings is 2. The molecule has 100 valence electrons. The molecule has 0 radical (unpaired) electrons. The normalized spacial score (nSPS) is 10.7. The highest BCUT2D eigenvalue weighted by Gasteiger charge is 2.06. The van der Waals surface area contributed by atoms with Gasteiger partial charge in [-0.05, 0) is 24.1 Å². The molecule has 0 heterocycles. The lowest BCUT2D eigenvalue weighted by Gasteiger charge is -2.00. The van der Waals surface area contributed by atoms with Crippen LogP contribution >= 0.6 is 0 Å². The minimum absolute atomic E-state index is 0.00971. The molecule has 0 saturated heterocycles. The molecule has 0 unspecified atom stereocenters. The van der Waals surface area contributed by atoms with Crippen LogP contribution in [0.5, 0.6) is 0 Å². The number of nitro groups is 1. The minimum atomic E-state index is -0.458. The number of non-ortho nitro benzene ring substituents is 1. The predicted molar refractivity (Wildman–Crippen MR) is 77.6 cm³/mol. The van der Waals surface area contributed by atoms with Crippen molar-refractivity contribution in [3.05, 3.63) is 81.4 Å². The van der Waals surface area contributed by atoms with E-state index in [2.05, 4.69) is 0 Å². The number of carbonyl (C=O) groups excluding carboxylic acids is 1. The van der Waals surface area contributed by atoms with Crippen molar-refractivity contribution < 1.29 is 9.72 Å². The molecule has 0 fully saturated rings. The van der Waals surface area contributed by atoms with E-state index in [1.165, 1.54) is 18.2 Å². The van der Waals surface area contributed by atoms with Crippen molar-refractivity contribution in [1.82, 2.24) is 0 Å². The van der Waals surface area contributed by atoms with Gasteiger partial charge in [0, 0.05) is 17.7 Å². The molecule has 0 N–H and O–H groups in total. The number of aryl methyl sites for hydroxylation is 1. The van der Waals surface area contributed by atoms with Gasteiger partial charge in [-0.15, -0.1) is 0 Å². The monoisotopic (exact) mass is 267 g/mol. The summed E-state index contributed by atoms with van der Waals surface area (Å²) >= 11 is 0. The van der Waals surface area contributed by atoms with Crippen LogP contribution in [-0.2, 0) is 0 Å². The second kappa shape index (κ2) is 5.93. The first-order valence-corrected chi connectivity index (χ1v) is 6.10. The molecule has 0 saturated carbocycles. The number of hydrogen-bond donors (Lipinski definition) is 0. The average Bonchev–Trinajstić information content (AvgIpc) is 2.45. The summed E-state index contributed by atoms with van der Waals surface area (Å²) in [4.78, 5) is 22.3. The van der Waals surface area contributed by atoms with Gasteiger partial charge in [0.2, 0.25) is 0 Å². The molecular weight excluding hydrogens is 254 g/mol. The summed E-state index contributed by atoms with van der Waals surface area (Å²) in [6, 6.07) is 13.5. The number of ketones is 1. The first-order chi connectivity index (χ1) is 9.58. The number of allylic oxidation sites excluding steroid dienone is 1. The molecule has 0 amide bonds. The van der Waals surface area contributed by atoms with Gasteiger partial charge >= 0.3 is 0 Å². The van der Waals surface area contributed by atoms with Crippen molar-refractivity contribution in [2.45, 2.75) is 6.92 Å². The van der Waals surface area contributed by atoms with E-state index >= 15 is 0 Å². The van der Waals surface area contributed by atoms with Gasteiger partial charge < -0.3 is 0 Å². The molecule has 0 aromatic heterocycles. The van der Waals surface area contributed by atoms with Crippen molar-refractivity contribution in [2.75, 3.05) is 0 Å². The van der Waals surface area contributed by atoms with Crippen molar-refractivity contribution in [2.24, 2.45) is 0 Å². The van der Waals surface area contributed by atoms with Gasteiger partial charge in [-0.3, -0.25) is 14.9 Å². The summed E-state index contributed by atoms with van der Waals surface area (Å²) in [5, 5.41) is 10.7. The zero-order valence-electron chi connectivity index (χ0n) is 10.9. The van der Waals surface area contributed by atoms with Gasteiger partial charge in [0.05, 0.1) is 4.92 Å². The Kier molecular flexibility index (Phi) is 4.05.